The van der Waals surface area contributed by atoms with Crippen LogP contribution in [0, 0.1) is 0 Å². The fourth-order valence-electron chi connectivity index (χ4n) is 3.34. The topological polar surface area (TPSA) is 122 Å². The molecule has 4 N–H and O–H groups in total. The summed E-state index contributed by atoms with van der Waals surface area (Å²) in [4.78, 5) is 39.5. The smallest absolute Gasteiger partial charge is 0.271 e. The van der Waals surface area contributed by atoms with E-state index in [4.69, 9.17) is 10.5 Å². The Morgan fingerprint density at radius 2 is 2.00 bits per heavy atom. The fourth-order valence-corrected chi connectivity index (χ4v) is 3.34. The Hall–Kier alpha value is -2.91. The van der Waals surface area contributed by atoms with Gasteiger partial charge in [0.25, 0.3) is 5.56 Å². The summed E-state index contributed by atoms with van der Waals surface area (Å²) in [5.74, 6) is -0.742. The van der Waals surface area contributed by atoms with Crippen LogP contribution >= 0.6 is 0 Å². The second-order valence-electron chi connectivity index (χ2n) is 8.19. The van der Waals surface area contributed by atoms with Gasteiger partial charge >= 0.3 is 0 Å². The molecule has 9 heteroatoms. The lowest BCUT2D eigenvalue weighted by Gasteiger charge is -2.31. The van der Waals surface area contributed by atoms with Crippen LogP contribution in [0.15, 0.2) is 35.1 Å². The number of nitrogens with one attached hydrogen (secondary N) is 2. The standard InChI is InChI=1S/C21H29N5O4/c1-21(2,22)20(29)23-17(13-30-12-14-7-5-4-6-8-14)19(28)26-10-9-16-15(11-26)18(27)25(3)24-16/h4-8,17,24H,9-13,22H2,1-3H3,(H,23,29). The van der Waals surface area contributed by atoms with E-state index in [1.807, 2.05) is 30.3 Å². The highest BCUT2D eigenvalue weighted by molar-refractivity contribution is 5.91. The lowest BCUT2D eigenvalue weighted by molar-refractivity contribution is -0.140. The van der Waals surface area contributed by atoms with E-state index in [-0.39, 0.29) is 24.6 Å². The summed E-state index contributed by atoms with van der Waals surface area (Å²) in [5.41, 5.74) is 6.99. The van der Waals surface area contributed by atoms with Crippen LogP contribution in [0.3, 0.4) is 0 Å². The molecule has 2 amide bonds. The third-order valence-electron chi connectivity index (χ3n) is 5.11. The van der Waals surface area contributed by atoms with Crippen LogP contribution in [-0.2, 0) is 40.9 Å². The molecule has 3 rings (SSSR count). The van der Waals surface area contributed by atoms with Gasteiger partial charge in [0.2, 0.25) is 11.8 Å². The summed E-state index contributed by atoms with van der Waals surface area (Å²) in [7, 11) is 1.65. The van der Waals surface area contributed by atoms with Crippen molar-refractivity contribution in [2.24, 2.45) is 12.8 Å². The first-order valence-electron chi connectivity index (χ1n) is 9.94. The van der Waals surface area contributed by atoms with Crippen molar-refractivity contribution < 1.29 is 14.3 Å². The minimum absolute atomic E-state index is 0.00402. The highest BCUT2D eigenvalue weighted by Gasteiger charge is 2.33. The molecule has 1 aromatic carbocycles. The highest BCUT2D eigenvalue weighted by Crippen LogP contribution is 2.15. The normalized spacial score (nSPS) is 14.9. The zero-order valence-electron chi connectivity index (χ0n) is 17.6. The van der Waals surface area contributed by atoms with E-state index in [0.29, 0.717) is 25.1 Å². The summed E-state index contributed by atoms with van der Waals surface area (Å²) in [6.07, 6.45) is 0.547. The van der Waals surface area contributed by atoms with Crippen LogP contribution in [0.1, 0.15) is 30.7 Å². The summed E-state index contributed by atoms with van der Waals surface area (Å²) < 4.78 is 7.14. The SMILES string of the molecule is Cn1[nH]c2c(c1=O)CN(C(=O)C(COCc1ccccc1)NC(=O)C(C)(C)N)CC2. The number of carbonyl (C=O) groups excluding carboxylic acids is 2. The first kappa shape index (κ1) is 21.8. The van der Waals surface area contributed by atoms with Crippen LogP contribution in [0.25, 0.3) is 0 Å². The Morgan fingerprint density at radius 1 is 1.30 bits per heavy atom. The van der Waals surface area contributed by atoms with Gasteiger partial charge in [0.05, 0.1) is 30.9 Å². The number of ether oxygens (including phenoxy) is 1. The van der Waals surface area contributed by atoms with Crippen molar-refractivity contribution in [1.29, 1.82) is 0 Å². The molecule has 30 heavy (non-hydrogen) atoms. The number of nitrogens with two attached hydrogens (primary N) is 1. The molecule has 0 saturated carbocycles. The Bertz CT molecular complexity index is 958. The number of aromatic amines is 1. The van der Waals surface area contributed by atoms with Gasteiger partial charge in [0, 0.05) is 25.7 Å². The first-order chi connectivity index (χ1) is 14.2. The Morgan fingerprint density at radius 3 is 2.67 bits per heavy atom. The molecule has 0 fully saturated rings. The van der Waals surface area contributed by atoms with Crippen molar-refractivity contribution in [2.45, 2.75) is 45.0 Å². The third kappa shape index (κ3) is 4.98. The van der Waals surface area contributed by atoms with Crippen molar-refractivity contribution in [3.63, 3.8) is 0 Å². The molecule has 1 aliphatic rings. The molecule has 0 bridgehead atoms. The number of H-pyrrole nitrogens is 1. The number of hydrogen-bond donors (Lipinski definition) is 3. The van der Waals surface area contributed by atoms with Crippen molar-refractivity contribution in [1.82, 2.24) is 20.0 Å². The molecule has 0 aliphatic carbocycles. The molecule has 0 saturated heterocycles. The van der Waals surface area contributed by atoms with Gasteiger partial charge in [0.1, 0.15) is 6.04 Å². The third-order valence-corrected chi connectivity index (χ3v) is 5.11. The van der Waals surface area contributed by atoms with Crippen molar-refractivity contribution in [3.8, 4) is 0 Å². The van der Waals surface area contributed by atoms with Crippen LogP contribution in [-0.4, -0.2) is 51.2 Å². The van der Waals surface area contributed by atoms with Crippen LogP contribution in [0.4, 0.5) is 0 Å². The molecule has 1 unspecified atom stereocenters. The number of fused-ring (bicyclic) bond motifs is 1. The van der Waals surface area contributed by atoms with Crippen molar-refractivity contribution in [2.75, 3.05) is 13.2 Å². The molecule has 2 heterocycles. The van der Waals surface area contributed by atoms with Gasteiger partial charge in [-0.3, -0.25) is 24.2 Å². The van der Waals surface area contributed by atoms with Crippen LogP contribution in [0.2, 0.25) is 0 Å². The van der Waals surface area contributed by atoms with E-state index in [9.17, 15) is 14.4 Å². The molecule has 0 radical (unpaired) electrons. The van der Waals surface area contributed by atoms with Gasteiger partial charge < -0.3 is 20.7 Å². The highest BCUT2D eigenvalue weighted by atomic mass is 16.5. The number of nitrogens with zero attached hydrogens (tertiary/aromatic N) is 2. The molecular formula is C21H29N5O4. The maximum absolute atomic E-state index is 13.2. The number of amides is 2. The number of aryl methyl sites for hydroxylation is 1. The van der Waals surface area contributed by atoms with Gasteiger partial charge in [-0.2, -0.15) is 0 Å². The maximum Gasteiger partial charge on any atom is 0.271 e. The number of aromatic nitrogens is 2. The zero-order chi connectivity index (χ0) is 21.9. The second kappa shape index (κ2) is 8.85. The Kier molecular flexibility index (Phi) is 6.42. The van der Waals surface area contributed by atoms with Crippen LogP contribution in [0.5, 0.6) is 0 Å². The number of rotatable bonds is 7. The largest absolute Gasteiger partial charge is 0.374 e. The molecular weight excluding hydrogens is 386 g/mol. The maximum atomic E-state index is 13.2. The predicted molar refractivity (Wildman–Crippen MR) is 111 cm³/mol. The van der Waals surface area contributed by atoms with Crippen molar-refractivity contribution >= 4 is 11.8 Å². The van der Waals surface area contributed by atoms with Gasteiger partial charge in [0.15, 0.2) is 0 Å². The summed E-state index contributed by atoms with van der Waals surface area (Å²) in [6, 6.07) is 8.67. The lowest BCUT2D eigenvalue weighted by atomic mass is 10.0. The van der Waals surface area contributed by atoms with Gasteiger partial charge in [-0.15, -0.1) is 0 Å². The molecule has 162 valence electrons. The average Bonchev–Trinajstić information content (AvgIpc) is 3.00. The van der Waals surface area contributed by atoms with Crippen LogP contribution < -0.4 is 16.6 Å². The fraction of sp³-hybridized carbons (Fsp3) is 0.476. The van der Waals surface area contributed by atoms with E-state index in [0.717, 1.165) is 11.3 Å². The van der Waals surface area contributed by atoms with E-state index >= 15 is 0 Å². The van der Waals surface area contributed by atoms with E-state index in [1.165, 1.54) is 4.68 Å². The minimum atomic E-state index is -1.14. The first-order valence-corrected chi connectivity index (χ1v) is 9.94. The molecule has 2 aromatic rings. The summed E-state index contributed by atoms with van der Waals surface area (Å²) in [5, 5.41) is 5.73. The lowest BCUT2D eigenvalue weighted by Crippen LogP contribution is -2.58. The summed E-state index contributed by atoms with van der Waals surface area (Å²) >= 11 is 0. The number of hydrogen-bond acceptors (Lipinski definition) is 5. The van der Waals surface area contributed by atoms with E-state index in [1.54, 1.807) is 25.8 Å². The Labute approximate surface area is 175 Å². The van der Waals surface area contributed by atoms with Gasteiger partial charge in [-0.05, 0) is 19.4 Å². The molecule has 1 atom stereocenters. The second-order valence-corrected chi connectivity index (χ2v) is 8.19. The minimum Gasteiger partial charge on any atom is -0.374 e. The monoisotopic (exact) mass is 415 g/mol. The zero-order valence-corrected chi connectivity index (χ0v) is 17.6. The molecule has 9 nitrogen and oxygen atoms in total. The number of benzene rings is 1. The Balaban J connectivity index is 1.71. The molecule has 0 spiro atoms. The van der Waals surface area contributed by atoms with Crippen molar-refractivity contribution in [3.05, 3.63) is 57.5 Å². The van der Waals surface area contributed by atoms with E-state index < -0.39 is 17.5 Å². The summed E-state index contributed by atoms with van der Waals surface area (Å²) in [6.45, 7) is 4.11. The van der Waals surface area contributed by atoms with E-state index in [2.05, 4.69) is 10.4 Å². The van der Waals surface area contributed by atoms with Gasteiger partial charge in [-0.1, -0.05) is 30.3 Å². The molecule has 1 aromatic heterocycles. The predicted octanol–water partition coefficient (Wildman–Crippen LogP) is 0.0370. The quantitative estimate of drug-likeness (QED) is 0.589. The van der Waals surface area contributed by atoms with Gasteiger partial charge in [-0.25, -0.2) is 0 Å². The number of carbonyl (C=O) groups is 2. The average molecular weight is 415 g/mol. The molecule has 1 aliphatic heterocycles.